The summed E-state index contributed by atoms with van der Waals surface area (Å²) < 4.78 is 43.6. The number of amides is 1. The Bertz CT molecular complexity index is 822. The number of aliphatic carboxylic acids is 1. The number of unbranched alkanes of at least 4 members (excludes halogenated alkanes) is 3. The van der Waals surface area contributed by atoms with E-state index in [1.165, 1.54) is 26.2 Å². The van der Waals surface area contributed by atoms with Crippen molar-refractivity contribution in [3.63, 3.8) is 0 Å². The highest BCUT2D eigenvalue weighted by atomic mass is 19.4. The van der Waals surface area contributed by atoms with Crippen LogP contribution in [-0.4, -0.2) is 52.6 Å². The van der Waals surface area contributed by atoms with Crippen LogP contribution in [0.3, 0.4) is 0 Å². The molecule has 200 valence electrons. The number of carbonyl (C=O) groups excluding carboxylic acids is 1. The molecule has 0 fully saturated rings. The molecule has 0 radical (unpaired) electrons. The Morgan fingerprint density at radius 2 is 1.89 bits per heavy atom. The van der Waals surface area contributed by atoms with Gasteiger partial charge in [-0.2, -0.15) is 13.2 Å². The quantitative estimate of drug-likeness (QED) is 0.374. The number of carboxylic acids is 1. The van der Waals surface area contributed by atoms with Crippen LogP contribution in [0, 0.1) is 0 Å². The first kappa shape index (κ1) is 30.6. The number of nitrogens with one attached hydrogen (secondary N) is 1. The zero-order chi connectivity index (χ0) is 26.6. The normalized spacial score (nSPS) is 20.1. The number of halogens is 3. The van der Waals surface area contributed by atoms with Crippen molar-refractivity contribution in [3.8, 4) is 0 Å². The van der Waals surface area contributed by atoms with Crippen molar-refractivity contribution in [3.05, 3.63) is 23.6 Å². The molecule has 1 aromatic rings. The molecule has 1 aliphatic carbocycles. The molecule has 1 aromatic heterocycles. The van der Waals surface area contributed by atoms with Crippen LogP contribution in [-0.2, 0) is 20.7 Å². The Hall–Kier alpha value is -2.40. The van der Waals surface area contributed by atoms with Crippen LogP contribution < -0.4 is 11.1 Å². The maximum absolute atomic E-state index is 11.7. The van der Waals surface area contributed by atoms with Gasteiger partial charge in [-0.3, -0.25) is 4.79 Å². The molecule has 4 N–H and O–H groups in total. The van der Waals surface area contributed by atoms with E-state index in [-0.39, 0.29) is 30.2 Å². The van der Waals surface area contributed by atoms with Crippen molar-refractivity contribution in [1.29, 1.82) is 0 Å². The number of rotatable bonds is 11. The van der Waals surface area contributed by atoms with Crippen molar-refractivity contribution in [1.82, 2.24) is 10.5 Å². The Balaban J connectivity index is 0.000000762. The molecular formula is C24H38F3N3O5. The van der Waals surface area contributed by atoms with E-state index in [1.54, 1.807) is 0 Å². The number of hydrogen-bond acceptors (Lipinski definition) is 6. The topological polar surface area (TPSA) is 128 Å². The lowest BCUT2D eigenvalue weighted by molar-refractivity contribution is -0.192. The maximum Gasteiger partial charge on any atom is 0.490 e. The summed E-state index contributed by atoms with van der Waals surface area (Å²) >= 11 is 0. The van der Waals surface area contributed by atoms with Gasteiger partial charge in [0.05, 0.1) is 18.2 Å². The Morgan fingerprint density at radius 1 is 1.26 bits per heavy atom. The van der Waals surface area contributed by atoms with Gasteiger partial charge in [-0.15, -0.1) is 0 Å². The number of alkyl halides is 3. The summed E-state index contributed by atoms with van der Waals surface area (Å²) in [5.41, 5.74) is 8.30. The summed E-state index contributed by atoms with van der Waals surface area (Å²) in [6, 6.07) is 1.56. The number of nitrogens with two attached hydrogens (primary N) is 1. The summed E-state index contributed by atoms with van der Waals surface area (Å²) in [4.78, 5) is 20.6. The monoisotopic (exact) mass is 505 g/mol. The van der Waals surface area contributed by atoms with E-state index in [4.69, 9.17) is 24.9 Å². The Labute approximate surface area is 204 Å². The first-order chi connectivity index (χ1) is 16.4. The number of ether oxygens (including phenoxy) is 1. The summed E-state index contributed by atoms with van der Waals surface area (Å²) in [6.07, 6.45) is 5.04. The molecule has 0 unspecified atom stereocenters. The average Bonchev–Trinajstić information content (AvgIpc) is 3.25. The van der Waals surface area contributed by atoms with Crippen molar-refractivity contribution in [2.24, 2.45) is 5.73 Å². The van der Waals surface area contributed by atoms with Crippen LogP contribution in [0.15, 0.2) is 16.7 Å². The fourth-order valence-corrected chi connectivity index (χ4v) is 3.74. The molecular weight excluding hydrogens is 467 g/mol. The third-order valence-corrected chi connectivity index (χ3v) is 5.67. The maximum atomic E-state index is 11.7. The number of nitrogens with zero attached hydrogens (tertiary/aromatic N) is 1. The second-order valence-electron chi connectivity index (χ2n) is 8.62. The summed E-state index contributed by atoms with van der Waals surface area (Å²) in [7, 11) is 0. The number of hydrogen-bond donors (Lipinski definition) is 3. The second kappa shape index (κ2) is 14.9. The van der Waals surface area contributed by atoms with Gasteiger partial charge < -0.3 is 25.4 Å². The van der Waals surface area contributed by atoms with Gasteiger partial charge in [-0.25, -0.2) is 4.79 Å². The van der Waals surface area contributed by atoms with Crippen LogP contribution in [0.2, 0.25) is 0 Å². The van der Waals surface area contributed by atoms with Crippen molar-refractivity contribution >= 4 is 17.4 Å². The molecule has 35 heavy (non-hydrogen) atoms. The molecule has 3 atom stereocenters. The lowest BCUT2D eigenvalue weighted by Crippen LogP contribution is -2.56. The molecule has 2 rings (SSSR count). The van der Waals surface area contributed by atoms with Gasteiger partial charge in [0, 0.05) is 25.5 Å². The van der Waals surface area contributed by atoms with Crippen LogP contribution in [0.5, 0.6) is 0 Å². The minimum Gasteiger partial charge on any atom is -0.475 e. The van der Waals surface area contributed by atoms with Gasteiger partial charge in [0.15, 0.2) is 0 Å². The summed E-state index contributed by atoms with van der Waals surface area (Å²) in [5.74, 6) is -1.93. The van der Waals surface area contributed by atoms with Crippen molar-refractivity contribution in [2.45, 2.75) is 110 Å². The number of aryl methyl sites for hydroxylation is 1. The van der Waals surface area contributed by atoms with Crippen LogP contribution >= 0.6 is 0 Å². The van der Waals surface area contributed by atoms with E-state index in [9.17, 15) is 18.0 Å². The average molecular weight is 506 g/mol. The van der Waals surface area contributed by atoms with Gasteiger partial charge in [-0.1, -0.05) is 45.2 Å². The van der Waals surface area contributed by atoms with E-state index < -0.39 is 12.1 Å². The molecule has 0 aliphatic heterocycles. The molecule has 0 bridgehead atoms. The van der Waals surface area contributed by atoms with Crippen LogP contribution in [0.1, 0.15) is 84.1 Å². The highest BCUT2D eigenvalue weighted by Crippen LogP contribution is 2.29. The number of aromatic nitrogens is 1. The SMILES string of the molecule is CCCCCCc1cc(C2=C[C@@H](OC(CC)CC)[C@H](NC(C)=O)[C@@H](N)C2)no1.O=C(O)C(F)(F)F. The molecule has 8 nitrogen and oxygen atoms in total. The lowest BCUT2D eigenvalue weighted by Gasteiger charge is -2.36. The molecule has 0 saturated heterocycles. The second-order valence-corrected chi connectivity index (χ2v) is 8.62. The molecule has 0 aromatic carbocycles. The Kier molecular flexibility index (Phi) is 13.0. The smallest absolute Gasteiger partial charge is 0.475 e. The zero-order valence-corrected chi connectivity index (χ0v) is 20.9. The van der Waals surface area contributed by atoms with Gasteiger partial charge in [-0.05, 0) is 37.3 Å². The number of carbonyl (C=O) groups is 2. The molecule has 11 heteroatoms. The predicted molar refractivity (Wildman–Crippen MR) is 125 cm³/mol. The third kappa shape index (κ3) is 10.8. The minimum atomic E-state index is -5.08. The Morgan fingerprint density at radius 3 is 2.40 bits per heavy atom. The standard InChI is InChI=1S/C22H37N3O3.C2HF3O2/c1-5-8-9-10-11-18-14-20(25-28-18)16-12-19(23)22(24-15(4)26)21(13-16)27-17(6-2)7-3;3-2(4,5)1(6)7/h13-14,17,19,21-22H,5-12,23H2,1-4H3,(H,24,26);(H,6,7)/t19-,21+,22+;/m0./s1. The third-order valence-electron chi connectivity index (χ3n) is 5.67. The van der Waals surface area contributed by atoms with E-state index >= 15 is 0 Å². The van der Waals surface area contributed by atoms with E-state index in [1.807, 2.05) is 6.07 Å². The van der Waals surface area contributed by atoms with Gasteiger partial charge in [0.2, 0.25) is 5.91 Å². The number of carboxylic acid groups (broad SMARTS) is 1. The van der Waals surface area contributed by atoms with Gasteiger partial charge in [0.1, 0.15) is 11.5 Å². The first-order valence-electron chi connectivity index (χ1n) is 12.1. The van der Waals surface area contributed by atoms with Crippen molar-refractivity contribution in [2.75, 3.05) is 0 Å². The van der Waals surface area contributed by atoms with Crippen molar-refractivity contribution < 1.29 is 37.1 Å². The highest BCUT2D eigenvalue weighted by Gasteiger charge is 2.38. The largest absolute Gasteiger partial charge is 0.490 e. The van der Waals surface area contributed by atoms with Gasteiger partial charge in [0.25, 0.3) is 0 Å². The lowest BCUT2D eigenvalue weighted by atomic mass is 9.86. The highest BCUT2D eigenvalue weighted by molar-refractivity contribution is 5.74. The molecule has 0 spiro atoms. The summed E-state index contributed by atoms with van der Waals surface area (Å²) in [6.45, 7) is 7.94. The fourth-order valence-electron chi connectivity index (χ4n) is 3.74. The summed E-state index contributed by atoms with van der Waals surface area (Å²) in [5, 5.41) is 14.4. The minimum absolute atomic E-state index is 0.0914. The molecule has 1 aliphatic rings. The van der Waals surface area contributed by atoms with E-state index in [0.29, 0.717) is 6.42 Å². The fraction of sp³-hybridized carbons (Fsp3) is 0.708. The van der Waals surface area contributed by atoms with Crippen LogP contribution in [0.4, 0.5) is 13.2 Å². The van der Waals surface area contributed by atoms with Gasteiger partial charge >= 0.3 is 12.1 Å². The molecule has 0 saturated carbocycles. The van der Waals surface area contributed by atoms with E-state index in [0.717, 1.165) is 42.7 Å². The molecule has 1 heterocycles. The van der Waals surface area contributed by atoms with E-state index in [2.05, 4.69) is 37.3 Å². The zero-order valence-electron chi connectivity index (χ0n) is 20.9. The molecule has 1 amide bonds. The van der Waals surface area contributed by atoms with Crippen LogP contribution in [0.25, 0.3) is 5.57 Å². The predicted octanol–water partition coefficient (Wildman–Crippen LogP) is 4.62. The first-order valence-corrected chi connectivity index (χ1v) is 12.1.